The lowest BCUT2D eigenvalue weighted by Gasteiger charge is -2.18. The number of amides is 3. The molecule has 0 saturated carbocycles. The lowest BCUT2D eigenvalue weighted by molar-refractivity contribution is 0.0937. The molecule has 26 heavy (non-hydrogen) atoms. The Balaban J connectivity index is 1.94. The molecular formula is C17H17ClN2O4S2. The van der Waals surface area contributed by atoms with E-state index >= 15 is 0 Å². The SMILES string of the molecule is COC(=O)NC(=O)c1c(NC(=O)c2ccc(Cl)s2)sc2c1CC[C@@H](C)C2. The van der Waals surface area contributed by atoms with Crippen LogP contribution in [0.4, 0.5) is 9.80 Å². The highest BCUT2D eigenvalue weighted by Gasteiger charge is 2.29. The molecule has 1 aliphatic carbocycles. The number of halogens is 1. The molecular weight excluding hydrogens is 396 g/mol. The average molecular weight is 413 g/mol. The number of alkyl carbamates (subject to hydrolysis) is 1. The maximum atomic E-state index is 12.6. The van der Waals surface area contributed by atoms with Gasteiger partial charge in [-0.15, -0.1) is 22.7 Å². The summed E-state index contributed by atoms with van der Waals surface area (Å²) >= 11 is 8.43. The van der Waals surface area contributed by atoms with Crippen LogP contribution in [0.2, 0.25) is 4.34 Å². The van der Waals surface area contributed by atoms with Gasteiger partial charge in [0, 0.05) is 4.88 Å². The fourth-order valence-electron chi connectivity index (χ4n) is 2.89. The third-order valence-electron chi connectivity index (χ3n) is 4.16. The first-order valence-electron chi connectivity index (χ1n) is 7.99. The predicted molar refractivity (Wildman–Crippen MR) is 103 cm³/mol. The predicted octanol–water partition coefficient (Wildman–Crippen LogP) is 4.34. The molecule has 2 N–H and O–H groups in total. The van der Waals surface area contributed by atoms with Crippen molar-refractivity contribution in [1.82, 2.24) is 5.32 Å². The van der Waals surface area contributed by atoms with Gasteiger partial charge >= 0.3 is 6.09 Å². The topological polar surface area (TPSA) is 84.5 Å². The lowest BCUT2D eigenvalue weighted by atomic mass is 9.88. The number of nitrogens with one attached hydrogen (secondary N) is 2. The van der Waals surface area contributed by atoms with E-state index in [1.807, 2.05) is 0 Å². The molecule has 0 saturated heterocycles. The molecule has 0 fully saturated rings. The highest BCUT2D eigenvalue weighted by molar-refractivity contribution is 7.18. The molecule has 0 bridgehead atoms. The Morgan fingerprint density at radius 1 is 1.23 bits per heavy atom. The van der Waals surface area contributed by atoms with Crippen LogP contribution in [-0.2, 0) is 17.6 Å². The van der Waals surface area contributed by atoms with E-state index in [0.29, 0.717) is 25.7 Å². The number of hydrogen-bond acceptors (Lipinski definition) is 6. The first-order valence-corrected chi connectivity index (χ1v) is 10.0. The number of imide groups is 1. The molecule has 0 aromatic carbocycles. The van der Waals surface area contributed by atoms with E-state index in [-0.39, 0.29) is 5.91 Å². The summed E-state index contributed by atoms with van der Waals surface area (Å²) in [7, 11) is 1.19. The Hall–Kier alpha value is -1.90. The zero-order valence-corrected chi connectivity index (χ0v) is 16.6. The number of rotatable bonds is 3. The van der Waals surface area contributed by atoms with E-state index in [0.717, 1.165) is 41.0 Å². The minimum atomic E-state index is -0.832. The van der Waals surface area contributed by atoms with E-state index in [4.69, 9.17) is 11.6 Å². The van der Waals surface area contributed by atoms with Crippen molar-refractivity contribution in [3.05, 3.63) is 37.4 Å². The summed E-state index contributed by atoms with van der Waals surface area (Å²) < 4.78 is 5.02. The maximum absolute atomic E-state index is 12.6. The van der Waals surface area contributed by atoms with Crippen molar-refractivity contribution in [3.63, 3.8) is 0 Å². The van der Waals surface area contributed by atoms with Crippen LogP contribution in [0.5, 0.6) is 0 Å². The van der Waals surface area contributed by atoms with Crippen LogP contribution < -0.4 is 10.6 Å². The van der Waals surface area contributed by atoms with Crippen LogP contribution in [0, 0.1) is 5.92 Å². The standard InChI is InChI=1S/C17H17ClN2O4S2/c1-8-3-4-9-11(7-8)26-16(13(9)15(22)20-17(23)24-2)19-14(21)10-5-6-12(18)25-10/h5-6,8H,3-4,7H2,1-2H3,(H,19,21)(H,20,22,23)/t8-/m1/s1. The number of ether oxygens (including phenoxy) is 1. The summed E-state index contributed by atoms with van der Waals surface area (Å²) in [6, 6.07) is 3.28. The molecule has 2 heterocycles. The van der Waals surface area contributed by atoms with Gasteiger partial charge in [0.05, 0.1) is 21.9 Å². The van der Waals surface area contributed by atoms with Crippen molar-refractivity contribution in [1.29, 1.82) is 0 Å². The van der Waals surface area contributed by atoms with Crippen LogP contribution in [0.25, 0.3) is 0 Å². The molecule has 2 aromatic heterocycles. The Kier molecular flexibility index (Phi) is 5.64. The van der Waals surface area contributed by atoms with Crippen molar-refractivity contribution < 1.29 is 19.1 Å². The van der Waals surface area contributed by atoms with Crippen LogP contribution >= 0.6 is 34.3 Å². The van der Waals surface area contributed by atoms with Crippen molar-refractivity contribution in [2.24, 2.45) is 5.92 Å². The molecule has 138 valence electrons. The quantitative estimate of drug-likeness (QED) is 0.785. The molecule has 3 amide bonds. The van der Waals surface area contributed by atoms with Crippen LogP contribution in [0.15, 0.2) is 12.1 Å². The maximum Gasteiger partial charge on any atom is 0.413 e. The van der Waals surface area contributed by atoms with E-state index in [2.05, 4.69) is 22.3 Å². The van der Waals surface area contributed by atoms with Gasteiger partial charge in [-0.1, -0.05) is 18.5 Å². The fraction of sp³-hybridized carbons (Fsp3) is 0.353. The molecule has 3 rings (SSSR count). The summed E-state index contributed by atoms with van der Waals surface area (Å²) in [6.07, 6.45) is 1.70. The Labute approximate surface area is 163 Å². The monoisotopic (exact) mass is 412 g/mol. The number of carbonyl (C=O) groups excluding carboxylic acids is 3. The highest BCUT2D eigenvalue weighted by Crippen LogP contribution is 2.40. The number of fused-ring (bicyclic) bond motifs is 1. The molecule has 6 nitrogen and oxygen atoms in total. The normalized spacial score (nSPS) is 15.9. The molecule has 0 spiro atoms. The van der Waals surface area contributed by atoms with E-state index in [9.17, 15) is 14.4 Å². The van der Waals surface area contributed by atoms with Gasteiger partial charge in [-0.25, -0.2) is 4.79 Å². The first kappa shape index (κ1) is 18.9. The summed E-state index contributed by atoms with van der Waals surface area (Å²) in [4.78, 5) is 38.0. The van der Waals surface area contributed by atoms with Crippen molar-refractivity contribution in [2.45, 2.75) is 26.2 Å². The Morgan fingerprint density at radius 3 is 2.65 bits per heavy atom. The summed E-state index contributed by atoms with van der Waals surface area (Å²) in [5.41, 5.74) is 1.24. The van der Waals surface area contributed by atoms with Crippen molar-refractivity contribution in [2.75, 3.05) is 12.4 Å². The van der Waals surface area contributed by atoms with Gasteiger partial charge in [-0.2, -0.15) is 0 Å². The third-order valence-corrected chi connectivity index (χ3v) is 6.56. The molecule has 1 aliphatic rings. The van der Waals surface area contributed by atoms with Gasteiger partial charge in [0.2, 0.25) is 0 Å². The van der Waals surface area contributed by atoms with E-state index in [1.54, 1.807) is 12.1 Å². The summed E-state index contributed by atoms with van der Waals surface area (Å²) in [6.45, 7) is 2.16. The average Bonchev–Trinajstić information content (AvgIpc) is 3.17. The fourth-order valence-corrected chi connectivity index (χ4v) is 5.23. The Bertz CT molecular complexity index is 874. The highest BCUT2D eigenvalue weighted by atomic mass is 35.5. The summed E-state index contributed by atoms with van der Waals surface area (Å²) in [5, 5.41) is 5.43. The third kappa shape index (κ3) is 3.92. The number of hydrogen-bond donors (Lipinski definition) is 2. The largest absolute Gasteiger partial charge is 0.453 e. The molecule has 0 unspecified atom stereocenters. The lowest BCUT2D eigenvalue weighted by Crippen LogP contribution is -2.31. The minimum absolute atomic E-state index is 0.333. The molecule has 2 aromatic rings. The van der Waals surface area contributed by atoms with Gasteiger partial charge in [-0.3, -0.25) is 14.9 Å². The Morgan fingerprint density at radius 2 is 2.00 bits per heavy atom. The minimum Gasteiger partial charge on any atom is -0.453 e. The molecule has 1 atom stereocenters. The van der Waals surface area contributed by atoms with Gasteiger partial charge in [0.25, 0.3) is 11.8 Å². The second-order valence-corrected chi connectivity index (χ2v) is 8.88. The second kappa shape index (κ2) is 7.77. The van der Waals surface area contributed by atoms with Gasteiger partial charge in [0.15, 0.2) is 0 Å². The smallest absolute Gasteiger partial charge is 0.413 e. The van der Waals surface area contributed by atoms with Gasteiger partial charge in [0.1, 0.15) is 5.00 Å². The first-order chi connectivity index (χ1) is 12.4. The second-order valence-electron chi connectivity index (χ2n) is 6.06. The number of anilines is 1. The molecule has 9 heteroatoms. The van der Waals surface area contributed by atoms with E-state index in [1.165, 1.54) is 18.4 Å². The number of carbonyl (C=O) groups is 3. The zero-order valence-electron chi connectivity index (χ0n) is 14.2. The summed E-state index contributed by atoms with van der Waals surface area (Å²) in [5.74, 6) is -0.388. The van der Waals surface area contributed by atoms with Gasteiger partial charge < -0.3 is 10.1 Å². The van der Waals surface area contributed by atoms with Gasteiger partial charge in [-0.05, 0) is 42.9 Å². The van der Waals surface area contributed by atoms with Crippen molar-refractivity contribution in [3.8, 4) is 0 Å². The zero-order chi connectivity index (χ0) is 18.8. The van der Waals surface area contributed by atoms with E-state index < -0.39 is 12.0 Å². The number of methoxy groups -OCH3 is 1. The van der Waals surface area contributed by atoms with Crippen molar-refractivity contribution >= 4 is 57.2 Å². The van der Waals surface area contributed by atoms with Crippen LogP contribution in [0.3, 0.4) is 0 Å². The number of thiophene rings is 2. The molecule has 0 aliphatic heterocycles. The van der Waals surface area contributed by atoms with Crippen LogP contribution in [0.1, 0.15) is 43.8 Å². The molecule has 0 radical (unpaired) electrons. The van der Waals surface area contributed by atoms with Crippen LogP contribution in [-0.4, -0.2) is 25.0 Å².